The number of nitrogens with zero attached hydrogens (tertiary/aromatic N) is 1. The molecule has 9 heteroatoms. The van der Waals surface area contributed by atoms with Crippen LogP contribution >= 0.6 is 11.6 Å². The van der Waals surface area contributed by atoms with Crippen molar-refractivity contribution in [3.8, 4) is 5.75 Å². The van der Waals surface area contributed by atoms with Crippen LogP contribution in [0.3, 0.4) is 0 Å². The molecule has 0 unspecified atom stereocenters. The first-order chi connectivity index (χ1) is 14.2. The van der Waals surface area contributed by atoms with E-state index in [1.807, 2.05) is 0 Å². The molecule has 0 aromatic heterocycles. The zero-order valence-electron chi connectivity index (χ0n) is 16.2. The van der Waals surface area contributed by atoms with Gasteiger partial charge in [0.15, 0.2) is 6.61 Å². The molecule has 0 bridgehead atoms. The van der Waals surface area contributed by atoms with Crippen molar-refractivity contribution in [2.45, 2.75) is 24.9 Å². The number of urea groups is 1. The van der Waals surface area contributed by atoms with Crippen molar-refractivity contribution in [3.63, 3.8) is 0 Å². The van der Waals surface area contributed by atoms with Gasteiger partial charge < -0.3 is 25.8 Å². The molecule has 1 aliphatic heterocycles. The van der Waals surface area contributed by atoms with Gasteiger partial charge in [0.05, 0.1) is 11.3 Å². The van der Waals surface area contributed by atoms with Crippen molar-refractivity contribution in [1.29, 1.82) is 0 Å². The second-order valence-electron chi connectivity index (χ2n) is 7.33. The zero-order valence-corrected chi connectivity index (χ0v) is 17.0. The molecule has 1 heterocycles. The quantitative estimate of drug-likeness (QED) is 0.648. The van der Waals surface area contributed by atoms with Crippen LogP contribution in [0.2, 0.25) is 5.02 Å². The number of halogens is 2. The topological polar surface area (TPSA) is 105 Å². The van der Waals surface area contributed by atoms with Crippen LogP contribution in [0.1, 0.15) is 18.4 Å². The second kappa shape index (κ2) is 9.32. The van der Waals surface area contributed by atoms with Crippen LogP contribution in [-0.4, -0.2) is 47.2 Å². The highest BCUT2D eigenvalue weighted by atomic mass is 35.5. The number of ether oxygens (including phenoxy) is 1. The van der Waals surface area contributed by atoms with Crippen molar-refractivity contribution < 1.29 is 23.8 Å². The predicted molar refractivity (Wildman–Crippen MR) is 111 cm³/mol. The summed E-state index contributed by atoms with van der Waals surface area (Å²) in [5, 5.41) is 13.6. The van der Waals surface area contributed by atoms with Gasteiger partial charge in [0.2, 0.25) is 0 Å². The van der Waals surface area contributed by atoms with Gasteiger partial charge in [-0.15, -0.1) is 0 Å². The van der Waals surface area contributed by atoms with Gasteiger partial charge in [-0.25, -0.2) is 9.18 Å². The third kappa shape index (κ3) is 5.84. The molecule has 2 aromatic rings. The van der Waals surface area contributed by atoms with E-state index in [1.54, 1.807) is 29.2 Å². The molecule has 0 saturated carbocycles. The van der Waals surface area contributed by atoms with E-state index in [9.17, 15) is 19.1 Å². The van der Waals surface area contributed by atoms with Gasteiger partial charge in [-0.3, -0.25) is 4.79 Å². The van der Waals surface area contributed by atoms with Gasteiger partial charge in [-0.05, 0) is 48.7 Å². The normalized spacial score (nSPS) is 15.5. The highest BCUT2D eigenvalue weighted by molar-refractivity contribution is 6.31. The Bertz CT molecular complexity index is 915. The molecule has 0 atom stereocenters. The summed E-state index contributed by atoms with van der Waals surface area (Å²) in [6, 6.07) is 9.86. The molecule has 160 valence electrons. The first-order valence-electron chi connectivity index (χ1n) is 9.47. The minimum atomic E-state index is -0.940. The number of rotatable bonds is 6. The van der Waals surface area contributed by atoms with Crippen LogP contribution in [0.25, 0.3) is 0 Å². The summed E-state index contributed by atoms with van der Waals surface area (Å²) in [6.45, 7) is 0.533. The van der Waals surface area contributed by atoms with Crippen LogP contribution in [-0.2, 0) is 11.2 Å². The van der Waals surface area contributed by atoms with Crippen molar-refractivity contribution in [1.82, 2.24) is 4.90 Å². The minimum Gasteiger partial charge on any atom is -0.482 e. The highest BCUT2D eigenvalue weighted by Gasteiger charge is 2.34. The first kappa shape index (κ1) is 21.9. The Hall–Kier alpha value is -2.84. The number of nitrogens with two attached hydrogens (primary N) is 1. The number of amides is 3. The molecule has 4 N–H and O–H groups in total. The number of anilines is 1. The third-order valence-electron chi connectivity index (χ3n) is 5.04. The maximum absolute atomic E-state index is 13.1. The molecule has 0 radical (unpaired) electrons. The average molecular weight is 436 g/mol. The van der Waals surface area contributed by atoms with Gasteiger partial charge in [0.1, 0.15) is 11.6 Å². The van der Waals surface area contributed by atoms with E-state index >= 15 is 0 Å². The van der Waals surface area contributed by atoms with Gasteiger partial charge in [0.25, 0.3) is 5.91 Å². The summed E-state index contributed by atoms with van der Waals surface area (Å²) >= 11 is 5.91. The van der Waals surface area contributed by atoms with E-state index in [0.717, 1.165) is 5.56 Å². The Morgan fingerprint density at radius 1 is 1.20 bits per heavy atom. The monoisotopic (exact) mass is 435 g/mol. The Morgan fingerprint density at radius 2 is 1.87 bits per heavy atom. The predicted octanol–water partition coefficient (Wildman–Crippen LogP) is 2.94. The summed E-state index contributed by atoms with van der Waals surface area (Å²) in [7, 11) is 0. The van der Waals surface area contributed by atoms with E-state index in [1.165, 1.54) is 18.2 Å². The summed E-state index contributed by atoms with van der Waals surface area (Å²) in [5.74, 6) is -0.281. The van der Waals surface area contributed by atoms with Crippen molar-refractivity contribution >= 4 is 29.2 Å². The molecular formula is C21H23ClFN3O4. The van der Waals surface area contributed by atoms with E-state index in [2.05, 4.69) is 5.32 Å². The molecule has 7 nitrogen and oxygen atoms in total. The SMILES string of the molecule is NC(=O)Nc1cc(Cl)ccc1OCC(=O)N1CCC(O)(Cc2ccc(F)cc2)CC1. The molecule has 0 spiro atoms. The fourth-order valence-electron chi connectivity index (χ4n) is 3.42. The molecular weight excluding hydrogens is 413 g/mol. The van der Waals surface area contributed by atoms with E-state index in [-0.39, 0.29) is 29.8 Å². The second-order valence-corrected chi connectivity index (χ2v) is 7.76. The Morgan fingerprint density at radius 3 is 2.50 bits per heavy atom. The van der Waals surface area contributed by atoms with Gasteiger partial charge in [0, 0.05) is 24.5 Å². The molecule has 0 aliphatic carbocycles. The minimum absolute atomic E-state index is 0.231. The van der Waals surface area contributed by atoms with Crippen molar-refractivity contribution in [2.24, 2.45) is 5.73 Å². The van der Waals surface area contributed by atoms with Crippen LogP contribution in [0.5, 0.6) is 5.75 Å². The summed E-state index contributed by atoms with van der Waals surface area (Å²) in [6.07, 6.45) is 1.22. The largest absolute Gasteiger partial charge is 0.482 e. The number of hydrogen-bond donors (Lipinski definition) is 3. The summed E-state index contributed by atoms with van der Waals surface area (Å²) in [4.78, 5) is 25.3. The summed E-state index contributed by atoms with van der Waals surface area (Å²) < 4.78 is 18.6. The van der Waals surface area contributed by atoms with E-state index < -0.39 is 11.6 Å². The lowest BCUT2D eigenvalue weighted by Crippen LogP contribution is -2.48. The number of benzene rings is 2. The van der Waals surface area contributed by atoms with Crippen LogP contribution in [0, 0.1) is 5.82 Å². The molecule has 2 aromatic carbocycles. The van der Waals surface area contributed by atoms with E-state index in [4.69, 9.17) is 22.1 Å². The fourth-order valence-corrected chi connectivity index (χ4v) is 3.59. The van der Waals surface area contributed by atoms with Crippen molar-refractivity contribution in [2.75, 3.05) is 25.0 Å². The Balaban J connectivity index is 1.53. The standard InChI is InChI=1S/C21H23ClFN3O4/c22-15-3-6-18(17(11-15)25-20(24)28)30-13-19(27)26-9-7-21(29,8-10-26)12-14-1-4-16(23)5-2-14/h1-6,11,29H,7-10,12-13H2,(H3,24,25,28). The lowest BCUT2D eigenvalue weighted by Gasteiger charge is -2.38. The first-order valence-corrected chi connectivity index (χ1v) is 9.85. The molecule has 3 rings (SSSR count). The number of hydrogen-bond acceptors (Lipinski definition) is 4. The number of piperidine rings is 1. The Kier molecular flexibility index (Phi) is 6.79. The van der Waals surface area contributed by atoms with Gasteiger partial charge >= 0.3 is 6.03 Å². The highest BCUT2D eigenvalue weighted by Crippen LogP contribution is 2.29. The number of likely N-dealkylation sites (tertiary alicyclic amines) is 1. The number of carbonyl (C=O) groups is 2. The van der Waals surface area contributed by atoms with Gasteiger partial charge in [-0.1, -0.05) is 23.7 Å². The smallest absolute Gasteiger partial charge is 0.316 e. The molecule has 30 heavy (non-hydrogen) atoms. The number of carbonyl (C=O) groups excluding carboxylic acids is 2. The molecule has 3 amide bonds. The zero-order chi connectivity index (χ0) is 21.7. The molecule has 1 aliphatic rings. The van der Waals surface area contributed by atoms with Crippen LogP contribution in [0.15, 0.2) is 42.5 Å². The fraction of sp³-hybridized carbons (Fsp3) is 0.333. The van der Waals surface area contributed by atoms with Crippen LogP contribution in [0.4, 0.5) is 14.9 Å². The van der Waals surface area contributed by atoms with E-state index in [0.29, 0.717) is 37.4 Å². The lowest BCUT2D eigenvalue weighted by atomic mass is 9.85. The molecule has 1 saturated heterocycles. The number of nitrogens with one attached hydrogen (secondary N) is 1. The third-order valence-corrected chi connectivity index (χ3v) is 5.28. The maximum atomic E-state index is 13.1. The maximum Gasteiger partial charge on any atom is 0.316 e. The Labute approximate surface area is 178 Å². The van der Waals surface area contributed by atoms with Gasteiger partial charge in [-0.2, -0.15) is 0 Å². The van der Waals surface area contributed by atoms with Crippen molar-refractivity contribution in [3.05, 3.63) is 58.9 Å². The number of aliphatic hydroxyl groups is 1. The number of primary amides is 1. The molecule has 1 fully saturated rings. The summed E-state index contributed by atoms with van der Waals surface area (Å²) in [5.41, 5.74) is 5.32. The lowest BCUT2D eigenvalue weighted by molar-refractivity contribution is -0.137. The average Bonchev–Trinajstić information content (AvgIpc) is 2.69. The van der Waals surface area contributed by atoms with Crippen LogP contribution < -0.4 is 15.8 Å².